The number of pyridine rings is 1. The van der Waals surface area contributed by atoms with E-state index in [4.69, 9.17) is 19.2 Å². The van der Waals surface area contributed by atoms with E-state index in [1.165, 1.54) is 0 Å². The third-order valence-electron chi connectivity index (χ3n) is 7.53. The molecule has 0 radical (unpaired) electrons. The summed E-state index contributed by atoms with van der Waals surface area (Å²) >= 11 is 0. The molecule has 1 amide bonds. The lowest BCUT2D eigenvalue weighted by atomic mass is 9.64. The van der Waals surface area contributed by atoms with Crippen LogP contribution in [0.4, 0.5) is 5.82 Å². The summed E-state index contributed by atoms with van der Waals surface area (Å²) in [5, 5.41) is 7.75. The minimum absolute atomic E-state index is 0.00789. The first-order valence-corrected chi connectivity index (χ1v) is 12.1. The summed E-state index contributed by atoms with van der Waals surface area (Å²) in [5.41, 5.74) is 1.98. The lowest BCUT2D eigenvalue weighted by Crippen LogP contribution is -2.58. The number of carbonyl (C=O) groups excluding carboxylic acids is 1. The van der Waals surface area contributed by atoms with Gasteiger partial charge in [-0.2, -0.15) is 0 Å². The second kappa shape index (κ2) is 10.3. The number of fused-ring (bicyclic) bond motifs is 2. The van der Waals surface area contributed by atoms with Gasteiger partial charge in [-0.15, -0.1) is 0 Å². The molecule has 7 nitrogen and oxygen atoms in total. The van der Waals surface area contributed by atoms with Crippen LogP contribution in [0.25, 0.3) is 10.9 Å². The van der Waals surface area contributed by atoms with Gasteiger partial charge >= 0.3 is 0 Å². The van der Waals surface area contributed by atoms with Gasteiger partial charge in [-0.25, -0.2) is 4.98 Å². The Morgan fingerprint density at radius 2 is 1.82 bits per heavy atom. The van der Waals surface area contributed by atoms with Crippen LogP contribution in [-0.2, 0) is 20.7 Å². The van der Waals surface area contributed by atoms with Crippen molar-refractivity contribution < 1.29 is 19.0 Å². The maximum atomic E-state index is 13.3. The highest BCUT2D eigenvalue weighted by molar-refractivity contribution is 5.84. The molecule has 6 atom stereocenters. The third kappa shape index (κ3) is 4.80. The molecule has 0 spiro atoms. The summed E-state index contributed by atoms with van der Waals surface area (Å²) in [6.07, 6.45) is 3.43. The van der Waals surface area contributed by atoms with Crippen LogP contribution in [0, 0.1) is 17.8 Å². The largest absolute Gasteiger partial charge is 0.497 e. The van der Waals surface area contributed by atoms with Gasteiger partial charge in [-0.1, -0.05) is 6.92 Å². The van der Waals surface area contributed by atoms with Crippen molar-refractivity contribution in [1.29, 1.82) is 0 Å². The number of nitrogens with one attached hydrogen (secondary N) is 2. The van der Waals surface area contributed by atoms with E-state index in [9.17, 15) is 4.79 Å². The lowest BCUT2D eigenvalue weighted by Gasteiger charge is -2.48. The highest BCUT2D eigenvalue weighted by Crippen LogP contribution is 2.43. The summed E-state index contributed by atoms with van der Waals surface area (Å²) in [6, 6.07) is 8.21. The van der Waals surface area contributed by atoms with Gasteiger partial charge < -0.3 is 24.8 Å². The van der Waals surface area contributed by atoms with Crippen molar-refractivity contribution in [3.8, 4) is 5.75 Å². The molecule has 7 heteroatoms. The van der Waals surface area contributed by atoms with Gasteiger partial charge in [0, 0.05) is 38.1 Å². The number of hydrogen-bond acceptors (Lipinski definition) is 6. The van der Waals surface area contributed by atoms with Crippen LogP contribution in [0.5, 0.6) is 5.75 Å². The number of rotatable bonds is 8. The molecule has 2 N–H and O–H groups in total. The summed E-state index contributed by atoms with van der Waals surface area (Å²) in [4.78, 5) is 18.2. The summed E-state index contributed by atoms with van der Waals surface area (Å²) in [5.74, 6) is 2.27. The Hall–Kier alpha value is -2.38. The van der Waals surface area contributed by atoms with Crippen LogP contribution in [0.2, 0.25) is 0 Å². The van der Waals surface area contributed by atoms with E-state index < -0.39 is 0 Å². The number of anilines is 1. The van der Waals surface area contributed by atoms with Crippen LogP contribution >= 0.6 is 0 Å². The highest BCUT2D eigenvalue weighted by Gasteiger charge is 2.48. The van der Waals surface area contributed by atoms with E-state index in [1.807, 2.05) is 18.2 Å². The number of hydrogen-bond donors (Lipinski definition) is 2. The Balaban J connectivity index is 1.69. The Morgan fingerprint density at radius 1 is 1.09 bits per heavy atom. The predicted octanol–water partition coefficient (Wildman–Crippen LogP) is 3.80. The minimum Gasteiger partial charge on any atom is -0.497 e. The fourth-order valence-electron chi connectivity index (χ4n) is 5.71. The molecule has 2 aromatic rings. The lowest BCUT2D eigenvalue weighted by molar-refractivity contribution is -0.143. The Labute approximate surface area is 196 Å². The van der Waals surface area contributed by atoms with Gasteiger partial charge in [0.2, 0.25) is 5.91 Å². The summed E-state index contributed by atoms with van der Waals surface area (Å²) < 4.78 is 16.9. The molecule has 1 saturated heterocycles. The molecule has 2 aliphatic rings. The smallest absolute Gasteiger partial charge is 0.223 e. The van der Waals surface area contributed by atoms with Crippen molar-refractivity contribution in [2.24, 2.45) is 17.8 Å². The van der Waals surface area contributed by atoms with E-state index >= 15 is 0 Å². The average molecular weight is 456 g/mol. The number of piperidine rings is 1. The Kier molecular flexibility index (Phi) is 7.39. The number of carbonyl (C=O) groups is 1. The fraction of sp³-hybridized carbons (Fsp3) is 0.615. The topological polar surface area (TPSA) is 81.7 Å². The van der Waals surface area contributed by atoms with E-state index in [0.29, 0.717) is 12.3 Å². The molecule has 6 unspecified atom stereocenters. The van der Waals surface area contributed by atoms with Crippen molar-refractivity contribution >= 4 is 22.6 Å². The molecule has 1 aromatic heterocycles. The first-order chi connectivity index (χ1) is 16.0. The molecule has 2 fully saturated rings. The molecule has 33 heavy (non-hydrogen) atoms. The fourth-order valence-corrected chi connectivity index (χ4v) is 5.71. The molecule has 4 rings (SSSR count). The SMILES string of the molecule is CCCNc1nc2ccc(OC)cc2cc1CC1C(=O)NC(C)C2CC(OC)C(OC)CC12. The Morgan fingerprint density at radius 3 is 2.48 bits per heavy atom. The van der Waals surface area contributed by atoms with Crippen LogP contribution < -0.4 is 15.4 Å². The zero-order chi connectivity index (χ0) is 23.5. The number of aromatic nitrogens is 1. The van der Waals surface area contributed by atoms with Crippen LogP contribution in [-0.4, -0.2) is 57.0 Å². The zero-order valence-corrected chi connectivity index (χ0v) is 20.4. The van der Waals surface area contributed by atoms with Gasteiger partial charge in [-0.05, 0) is 74.3 Å². The second-order valence-electron chi connectivity index (χ2n) is 9.44. The number of amides is 1. The number of nitrogens with zero attached hydrogens (tertiary/aromatic N) is 1. The predicted molar refractivity (Wildman–Crippen MR) is 130 cm³/mol. The first-order valence-electron chi connectivity index (χ1n) is 12.1. The molecule has 1 aromatic carbocycles. The maximum absolute atomic E-state index is 13.3. The normalized spacial score (nSPS) is 29.4. The quantitative estimate of drug-likeness (QED) is 0.630. The maximum Gasteiger partial charge on any atom is 0.223 e. The molecule has 2 heterocycles. The summed E-state index contributed by atoms with van der Waals surface area (Å²) in [7, 11) is 5.16. The molecular formula is C26H37N3O4. The van der Waals surface area contributed by atoms with Crippen molar-refractivity contribution in [3.63, 3.8) is 0 Å². The molecular weight excluding hydrogens is 418 g/mol. The van der Waals surface area contributed by atoms with Gasteiger partial charge in [-0.3, -0.25) is 4.79 Å². The van der Waals surface area contributed by atoms with Crippen LogP contribution in [0.15, 0.2) is 24.3 Å². The van der Waals surface area contributed by atoms with E-state index in [0.717, 1.165) is 53.8 Å². The first kappa shape index (κ1) is 23.8. The van der Waals surface area contributed by atoms with Crippen LogP contribution in [0.3, 0.4) is 0 Å². The van der Waals surface area contributed by atoms with Crippen molar-refractivity contribution in [3.05, 3.63) is 29.8 Å². The van der Waals surface area contributed by atoms with Gasteiger partial charge in [0.25, 0.3) is 0 Å². The number of benzene rings is 1. The molecule has 180 valence electrons. The zero-order valence-electron chi connectivity index (χ0n) is 20.4. The standard InChI is InChI=1S/C26H37N3O4/c1-6-9-27-25-17(10-16-11-18(31-3)7-8-22(16)29-25)12-21-20-14-24(33-5)23(32-4)13-19(20)15(2)28-26(21)30/h7-8,10-11,15,19-21,23-24H,6,9,12-14H2,1-5H3,(H,27,29)(H,28,30). The molecule has 1 saturated carbocycles. The second-order valence-corrected chi connectivity index (χ2v) is 9.44. The third-order valence-corrected chi connectivity index (χ3v) is 7.53. The monoisotopic (exact) mass is 455 g/mol. The molecule has 0 bridgehead atoms. The van der Waals surface area contributed by atoms with E-state index in [2.05, 4.69) is 30.5 Å². The van der Waals surface area contributed by atoms with Crippen molar-refractivity contribution in [2.75, 3.05) is 33.2 Å². The number of methoxy groups -OCH3 is 3. The summed E-state index contributed by atoms with van der Waals surface area (Å²) in [6.45, 7) is 5.09. The van der Waals surface area contributed by atoms with Crippen molar-refractivity contribution in [1.82, 2.24) is 10.3 Å². The van der Waals surface area contributed by atoms with Gasteiger partial charge in [0.1, 0.15) is 11.6 Å². The highest BCUT2D eigenvalue weighted by atomic mass is 16.5. The van der Waals surface area contributed by atoms with Gasteiger partial charge in [0.15, 0.2) is 0 Å². The van der Waals surface area contributed by atoms with Gasteiger partial charge in [0.05, 0.1) is 24.8 Å². The molecule has 1 aliphatic carbocycles. The minimum atomic E-state index is -0.131. The number of ether oxygens (including phenoxy) is 3. The van der Waals surface area contributed by atoms with E-state index in [1.54, 1.807) is 21.3 Å². The Bertz CT molecular complexity index is 981. The molecule has 1 aliphatic heterocycles. The van der Waals surface area contributed by atoms with Crippen molar-refractivity contribution in [2.45, 2.75) is 57.8 Å². The average Bonchev–Trinajstić information content (AvgIpc) is 2.83. The van der Waals surface area contributed by atoms with E-state index in [-0.39, 0.29) is 36.0 Å². The van der Waals surface area contributed by atoms with Crippen LogP contribution in [0.1, 0.15) is 38.7 Å².